The van der Waals surface area contributed by atoms with Crippen LogP contribution in [-0.2, 0) is 11.3 Å². The first kappa shape index (κ1) is 20.7. The van der Waals surface area contributed by atoms with Gasteiger partial charge in [0.05, 0.1) is 17.8 Å². The smallest absolute Gasteiger partial charge is 0.254 e. The summed E-state index contributed by atoms with van der Waals surface area (Å²) in [5.74, 6) is 0.907. The van der Waals surface area contributed by atoms with Gasteiger partial charge in [0.15, 0.2) is 0 Å². The zero-order valence-electron chi connectivity index (χ0n) is 17.1. The molecule has 6 nitrogen and oxygen atoms in total. The van der Waals surface area contributed by atoms with E-state index in [0.29, 0.717) is 42.3 Å². The number of amides is 2. The molecule has 2 saturated heterocycles. The van der Waals surface area contributed by atoms with E-state index >= 15 is 0 Å². The number of anilines is 1. The van der Waals surface area contributed by atoms with Crippen molar-refractivity contribution in [2.75, 3.05) is 44.7 Å². The Morgan fingerprint density at radius 1 is 1.03 bits per heavy atom. The SMILES string of the molecule is COc1ccc(CN2CCN(C(=O)c3ccc(Cl)c(N4CCCC4=O)c3)CC2)cc1. The highest BCUT2D eigenvalue weighted by molar-refractivity contribution is 6.34. The van der Waals surface area contributed by atoms with Crippen molar-refractivity contribution in [1.29, 1.82) is 0 Å². The van der Waals surface area contributed by atoms with Crippen molar-refractivity contribution in [2.45, 2.75) is 19.4 Å². The minimum atomic E-state index is -0.0105. The number of halogens is 1. The van der Waals surface area contributed by atoms with Gasteiger partial charge in [0.1, 0.15) is 5.75 Å². The molecule has 2 aliphatic heterocycles. The molecule has 30 heavy (non-hydrogen) atoms. The van der Waals surface area contributed by atoms with E-state index in [4.69, 9.17) is 16.3 Å². The average Bonchev–Trinajstić information content (AvgIpc) is 3.20. The van der Waals surface area contributed by atoms with Gasteiger partial charge in [0, 0.05) is 51.3 Å². The minimum absolute atomic E-state index is 0.0105. The fourth-order valence-electron chi connectivity index (χ4n) is 4.04. The number of nitrogens with zero attached hydrogens (tertiary/aromatic N) is 3. The van der Waals surface area contributed by atoms with Crippen molar-refractivity contribution < 1.29 is 14.3 Å². The molecule has 2 aromatic rings. The van der Waals surface area contributed by atoms with Crippen LogP contribution in [0.1, 0.15) is 28.8 Å². The second-order valence-electron chi connectivity index (χ2n) is 7.73. The fraction of sp³-hybridized carbons (Fsp3) is 0.391. The number of carbonyl (C=O) groups excluding carboxylic acids is 2. The summed E-state index contributed by atoms with van der Waals surface area (Å²) in [7, 11) is 1.66. The molecule has 2 heterocycles. The van der Waals surface area contributed by atoms with E-state index < -0.39 is 0 Å². The van der Waals surface area contributed by atoms with E-state index in [1.54, 1.807) is 30.2 Å². The lowest BCUT2D eigenvalue weighted by Crippen LogP contribution is -2.48. The summed E-state index contributed by atoms with van der Waals surface area (Å²) < 4.78 is 5.21. The first-order valence-corrected chi connectivity index (χ1v) is 10.7. The zero-order valence-corrected chi connectivity index (χ0v) is 17.9. The molecule has 0 bridgehead atoms. The molecule has 0 spiro atoms. The molecule has 2 fully saturated rings. The molecule has 0 aliphatic carbocycles. The lowest BCUT2D eigenvalue weighted by Gasteiger charge is -2.35. The van der Waals surface area contributed by atoms with Gasteiger partial charge < -0.3 is 14.5 Å². The molecule has 2 amide bonds. The van der Waals surface area contributed by atoms with Gasteiger partial charge in [0.2, 0.25) is 5.91 Å². The lowest BCUT2D eigenvalue weighted by atomic mass is 10.1. The van der Waals surface area contributed by atoms with Gasteiger partial charge in [0.25, 0.3) is 5.91 Å². The van der Waals surface area contributed by atoms with Crippen LogP contribution in [-0.4, -0.2) is 61.4 Å². The zero-order chi connectivity index (χ0) is 21.1. The van der Waals surface area contributed by atoms with Crippen molar-refractivity contribution in [3.05, 3.63) is 58.6 Å². The van der Waals surface area contributed by atoms with Crippen LogP contribution >= 0.6 is 11.6 Å². The van der Waals surface area contributed by atoms with Crippen LogP contribution in [0.2, 0.25) is 5.02 Å². The predicted molar refractivity (Wildman–Crippen MR) is 117 cm³/mol. The van der Waals surface area contributed by atoms with Crippen LogP contribution in [0.3, 0.4) is 0 Å². The summed E-state index contributed by atoms with van der Waals surface area (Å²) in [6, 6.07) is 13.3. The Hall–Kier alpha value is -2.57. The van der Waals surface area contributed by atoms with Crippen LogP contribution in [0.25, 0.3) is 0 Å². The van der Waals surface area contributed by atoms with E-state index in [-0.39, 0.29) is 11.8 Å². The second-order valence-corrected chi connectivity index (χ2v) is 8.14. The molecular weight excluding hydrogens is 402 g/mol. The maximum Gasteiger partial charge on any atom is 0.254 e. The molecule has 0 radical (unpaired) electrons. The third-order valence-corrected chi connectivity index (χ3v) is 6.10. The quantitative estimate of drug-likeness (QED) is 0.733. The summed E-state index contributed by atoms with van der Waals surface area (Å²) >= 11 is 6.31. The largest absolute Gasteiger partial charge is 0.497 e. The third kappa shape index (κ3) is 4.45. The van der Waals surface area contributed by atoms with Gasteiger partial charge in [-0.3, -0.25) is 14.5 Å². The number of hydrogen-bond donors (Lipinski definition) is 0. The van der Waals surface area contributed by atoms with E-state index in [1.807, 2.05) is 17.0 Å². The summed E-state index contributed by atoms with van der Waals surface area (Å²) in [6.45, 7) is 4.51. The number of carbonyl (C=O) groups is 2. The number of hydrogen-bond acceptors (Lipinski definition) is 4. The molecule has 0 saturated carbocycles. The highest BCUT2D eigenvalue weighted by Gasteiger charge is 2.26. The van der Waals surface area contributed by atoms with Gasteiger partial charge in [-0.25, -0.2) is 0 Å². The average molecular weight is 428 g/mol. The highest BCUT2D eigenvalue weighted by Crippen LogP contribution is 2.31. The maximum absolute atomic E-state index is 13.0. The van der Waals surface area contributed by atoms with Crippen molar-refractivity contribution in [3.8, 4) is 5.75 Å². The lowest BCUT2D eigenvalue weighted by molar-refractivity contribution is -0.117. The van der Waals surface area contributed by atoms with Crippen molar-refractivity contribution in [1.82, 2.24) is 9.80 Å². The third-order valence-electron chi connectivity index (χ3n) is 5.78. The Kier molecular flexibility index (Phi) is 6.25. The van der Waals surface area contributed by atoms with E-state index in [2.05, 4.69) is 17.0 Å². The molecule has 2 aliphatic rings. The topological polar surface area (TPSA) is 53.1 Å². The molecule has 4 rings (SSSR count). The van der Waals surface area contributed by atoms with Crippen LogP contribution in [0.4, 0.5) is 5.69 Å². The first-order chi connectivity index (χ1) is 14.5. The Bertz CT molecular complexity index is 924. The monoisotopic (exact) mass is 427 g/mol. The van der Waals surface area contributed by atoms with Gasteiger partial charge in [-0.05, 0) is 42.3 Å². The Morgan fingerprint density at radius 3 is 2.40 bits per heavy atom. The van der Waals surface area contributed by atoms with E-state index in [9.17, 15) is 9.59 Å². The molecule has 158 valence electrons. The Labute approximate surface area is 182 Å². The molecule has 0 aromatic heterocycles. The molecular formula is C23H26ClN3O3. The fourth-order valence-corrected chi connectivity index (χ4v) is 4.26. The van der Waals surface area contributed by atoms with Crippen LogP contribution < -0.4 is 9.64 Å². The van der Waals surface area contributed by atoms with Crippen molar-refractivity contribution in [2.24, 2.45) is 0 Å². The molecule has 0 unspecified atom stereocenters. The predicted octanol–water partition coefficient (Wildman–Crippen LogP) is 3.43. The van der Waals surface area contributed by atoms with E-state index in [1.165, 1.54) is 5.56 Å². The number of methoxy groups -OCH3 is 1. The van der Waals surface area contributed by atoms with Crippen LogP contribution in [0.5, 0.6) is 5.75 Å². The van der Waals surface area contributed by atoms with Gasteiger partial charge in [-0.1, -0.05) is 23.7 Å². The number of ether oxygens (including phenoxy) is 1. The Balaban J connectivity index is 1.37. The summed E-state index contributed by atoms with van der Waals surface area (Å²) in [5, 5.41) is 0.506. The summed E-state index contributed by atoms with van der Waals surface area (Å²) in [6.07, 6.45) is 1.36. The minimum Gasteiger partial charge on any atom is -0.497 e. The van der Waals surface area contributed by atoms with Crippen LogP contribution in [0.15, 0.2) is 42.5 Å². The van der Waals surface area contributed by atoms with Crippen molar-refractivity contribution >= 4 is 29.1 Å². The molecule has 2 aromatic carbocycles. The number of piperazine rings is 1. The summed E-state index contributed by atoms with van der Waals surface area (Å²) in [5.41, 5.74) is 2.45. The molecule has 7 heteroatoms. The standard InChI is InChI=1S/C23H26ClN3O3/c1-30-19-7-4-17(5-8-19)16-25-11-13-26(14-12-25)23(29)18-6-9-20(24)21(15-18)27-10-2-3-22(27)28/h4-9,15H,2-3,10-14,16H2,1H3. The van der Waals surface area contributed by atoms with Gasteiger partial charge in [-0.2, -0.15) is 0 Å². The van der Waals surface area contributed by atoms with E-state index in [0.717, 1.165) is 31.8 Å². The highest BCUT2D eigenvalue weighted by atomic mass is 35.5. The second kappa shape index (κ2) is 9.06. The number of benzene rings is 2. The van der Waals surface area contributed by atoms with Crippen molar-refractivity contribution in [3.63, 3.8) is 0 Å². The van der Waals surface area contributed by atoms with Gasteiger partial charge >= 0.3 is 0 Å². The molecule has 0 N–H and O–H groups in total. The van der Waals surface area contributed by atoms with Crippen LogP contribution in [0, 0.1) is 0 Å². The molecule has 0 atom stereocenters. The van der Waals surface area contributed by atoms with Gasteiger partial charge in [-0.15, -0.1) is 0 Å². The summed E-state index contributed by atoms with van der Waals surface area (Å²) in [4.78, 5) is 31.0. The Morgan fingerprint density at radius 2 is 1.77 bits per heavy atom. The normalized spacial score (nSPS) is 17.5. The maximum atomic E-state index is 13.0. The first-order valence-electron chi connectivity index (χ1n) is 10.3. The number of rotatable bonds is 5.